The topological polar surface area (TPSA) is 21.3 Å². The number of benzene rings is 1. The quantitative estimate of drug-likeness (QED) is 0.812. The third-order valence-corrected chi connectivity index (χ3v) is 4.44. The van der Waals surface area contributed by atoms with E-state index in [2.05, 4.69) is 45.5 Å². The van der Waals surface area contributed by atoms with E-state index in [1.807, 2.05) is 0 Å². The standard InChI is InChI=1S/C15H22BrNO/c1-18-10-9-17-12-15(7-2-3-8-15)13-5-4-6-14(16)11-13/h4-6,11,17H,2-3,7-10,12H2,1H3. The molecule has 100 valence electrons. The van der Waals surface area contributed by atoms with Gasteiger partial charge in [-0.2, -0.15) is 0 Å². The normalized spacial score (nSPS) is 18.1. The zero-order chi connectivity index (χ0) is 12.8. The van der Waals surface area contributed by atoms with Crippen LogP contribution in [-0.2, 0) is 10.2 Å². The second kappa shape index (κ2) is 6.69. The van der Waals surface area contributed by atoms with Gasteiger partial charge in [0.25, 0.3) is 0 Å². The summed E-state index contributed by atoms with van der Waals surface area (Å²) in [7, 11) is 1.75. The van der Waals surface area contributed by atoms with Crippen LogP contribution in [0.25, 0.3) is 0 Å². The molecule has 1 aromatic carbocycles. The number of ether oxygens (including phenoxy) is 1. The van der Waals surface area contributed by atoms with Gasteiger partial charge >= 0.3 is 0 Å². The highest BCUT2D eigenvalue weighted by molar-refractivity contribution is 9.10. The molecular weight excluding hydrogens is 290 g/mol. The van der Waals surface area contributed by atoms with Crippen molar-refractivity contribution in [3.8, 4) is 0 Å². The van der Waals surface area contributed by atoms with Gasteiger partial charge in [0, 0.05) is 30.1 Å². The molecule has 2 nitrogen and oxygen atoms in total. The van der Waals surface area contributed by atoms with Gasteiger partial charge in [-0.1, -0.05) is 40.9 Å². The van der Waals surface area contributed by atoms with E-state index < -0.39 is 0 Å². The third-order valence-electron chi connectivity index (χ3n) is 3.94. The summed E-state index contributed by atoms with van der Waals surface area (Å²) in [5, 5.41) is 3.55. The summed E-state index contributed by atoms with van der Waals surface area (Å²) in [5.74, 6) is 0. The predicted octanol–water partition coefficient (Wildman–Crippen LogP) is 3.50. The molecule has 3 heteroatoms. The molecule has 1 saturated carbocycles. The van der Waals surface area contributed by atoms with Gasteiger partial charge in [0.1, 0.15) is 0 Å². The number of rotatable bonds is 6. The minimum absolute atomic E-state index is 0.331. The summed E-state index contributed by atoms with van der Waals surface area (Å²) >= 11 is 3.59. The molecular formula is C15H22BrNO. The van der Waals surface area contributed by atoms with Crippen molar-refractivity contribution in [2.75, 3.05) is 26.8 Å². The highest BCUT2D eigenvalue weighted by atomic mass is 79.9. The molecule has 0 unspecified atom stereocenters. The van der Waals surface area contributed by atoms with Crippen LogP contribution in [0.5, 0.6) is 0 Å². The van der Waals surface area contributed by atoms with E-state index >= 15 is 0 Å². The maximum atomic E-state index is 5.09. The largest absolute Gasteiger partial charge is 0.383 e. The molecule has 0 saturated heterocycles. The molecule has 0 amide bonds. The molecule has 18 heavy (non-hydrogen) atoms. The summed E-state index contributed by atoms with van der Waals surface area (Å²) in [4.78, 5) is 0. The van der Waals surface area contributed by atoms with Gasteiger partial charge in [0.05, 0.1) is 6.61 Å². The molecule has 0 aliphatic heterocycles. The maximum absolute atomic E-state index is 5.09. The van der Waals surface area contributed by atoms with Crippen molar-refractivity contribution < 1.29 is 4.74 Å². The van der Waals surface area contributed by atoms with Crippen molar-refractivity contribution in [1.82, 2.24) is 5.32 Å². The van der Waals surface area contributed by atoms with Crippen LogP contribution in [0.2, 0.25) is 0 Å². The number of hydrogen-bond acceptors (Lipinski definition) is 2. The lowest BCUT2D eigenvalue weighted by atomic mass is 9.79. The van der Waals surface area contributed by atoms with E-state index in [4.69, 9.17) is 4.74 Å². The van der Waals surface area contributed by atoms with Crippen molar-refractivity contribution in [2.24, 2.45) is 0 Å². The number of hydrogen-bond donors (Lipinski definition) is 1. The first-order valence-corrected chi connectivity index (χ1v) is 7.52. The fourth-order valence-electron chi connectivity index (χ4n) is 2.94. The summed E-state index contributed by atoms with van der Waals surface area (Å²) < 4.78 is 6.28. The Morgan fingerprint density at radius 3 is 2.78 bits per heavy atom. The van der Waals surface area contributed by atoms with Gasteiger partial charge in [-0.3, -0.25) is 0 Å². The monoisotopic (exact) mass is 311 g/mol. The molecule has 0 radical (unpaired) electrons. The van der Waals surface area contributed by atoms with Crippen LogP contribution in [0.1, 0.15) is 31.2 Å². The van der Waals surface area contributed by atoms with Crippen LogP contribution in [0.15, 0.2) is 28.7 Å². The summed E-state index contributed by atoms with van der Waals surface area (Å²) in [5.41, 5.74) is 1.80. The molecule has 2 rings (SSSR count). The Morgan fingerprint density at radius 2 is 2.11 bits per heavy atom. The molecule has 0 aromatic heterocycles. The maximum Gasteiger partial charge on any atom is 0.0587 e. The molecule has 0 atom stereocenters. The lowest BCUT2D eigenvalue weighted by Crippen LogP contribution is -2.37. The summed E-state index contributed by atoms with van der Waals surface area (Å²) in [6, 6.07) is 8.80. The fourth-order valence-corrected chi connectivity index (χ4v) is 3.34. The van der Waals surface area contributed by atoms with E-state index in [1.165, 1.54) is 35.7 Å². The van der Waals surface area contributed by atoms with Crippen molar-refractivity contribution in [3.63, 3.8) is 0 Å². The van der Waals surface area contributed by atoms with Crippen LogP contribution < -0.4 is 5.32 Å². The minimum Gasteiger partial charge on any atom is -0.383 e. The van der Waals surface area contributed by atoms with Gasteiger partial charge in [-0.15, -0.1) is 0 Å². The Kier molecular flexibility index (Phi) is 5.22. The molecule has 1 fully saturated rings. The molecule has 0 heterocycles. The number of nitrogens with one attached hydrogen (secondary N) is 1. The van der Waals surface area contributed by atoms with E-state index in [0.29, 0.717) is 5.41 Å². The lowest BCUT2D eigenvalue weighted by Gasteiger charge is -2.30. The fraction of sp³-hybridized carbons (Fsp3) is 0.600. The van der Waals surface area contributed by atoms with E-state index in [0.717, 1.165) is 19.7 Å². The zero-order valence-corrected chi connectivity index (χ0v) is 12.6. The van der Waals surface area contributed by atoms with E-state index in [1.54, 1.807) is 7.11 Å². The van der Waals surface area contributed by atoms with Gasteiger partial charge in [-0.05, 0) is 30.5 Å². The van der Waals surface area contributed by atoms with Crippen LogP contribution >= 0.6 is 15.9 Å². The molecule has 0 bridgehead atoms. The van der Waals surface area contributed by atoms with Crippen LogP contribution in [-0.4, -0.2) is 26.8 Å². The Morgan fingerprint density at radius 1 is 1.33 bits per heavy atom. The Hall–Kier alpha value is -0.380. The van der Waals surface area contributed by atoms with Gasteiger partial charge in [0.15, 0.2) is 0 Å². The van der Waals surface area contributed by atoms with Crippen molar-refractivity contribution >= 4 is 15.9 Å². The van der Waals surface area contributed by atoms with E-state index in [9.17, 15) is 0 Å². The second-order valence-corrected chi connectivity index (χ2v) is 6.08. The molecule has 1 aromatic rings. The Labute approximate surface area is 118 Å². The van der Waals surface area contributed by atoms with Gasteiger partial charge in [0.2, 0.25) is 0 Å². The SMILES string of the molecule is COCCNCC1(c2cccc(Br)c2)CCCC1. The highest BCUT2D eigenvalue weighted by Gasteiger charge is 2.35. The van der Waals surface area contributed by atoms with Crippen LogP contribution in [0.3, 0.4) is 0 Å². The Bertz CT molecular complexity index is 375. The molecule has 0 spiro atoms. The van der Waals surface area contributed by atoms with Crippen molar-refractivity contribution in [1.29, 1.82) is 0 Å². The predicted molar refractivity (Wildman–Crippen MR) is 79.0 cm³/mol. The average Bonchev–Trinajstić information content (AvgIpc) is 2.85. The lowest BCUT2D eigenvalue weighted by molar-refractivity contribution is 0.196. The van der Waals surface area contributed by atoms with Crippen molar-refractivity contribution in [3.05, 3.63) is 34.3 Å². The Balaban J connectivity index is 2.06. The molecule has 1 N–H and O–H groups in total. The van der Waals surface area contributed by atoms with Crippen LogP contribution in [0, 0.1) is 0 Å². The van der Waals surface area contributed by atoms with Crippen molar-refractivity contribution in [2.45, 2.75) is 31.1 Å². The first-order valence-electron chi connectivity index (χ1n) is 6.73. The molecule has 1 aliphatic carbocycles. The zero-order valence-electron chi connectivity index (χ0n) is 11.0. The molecule has 1 aliphatic rings. The first-order chi connectivity index (χ1) is 8.77. The number of halogens is 1. The minimum atomic E-state index is 0.331. The van der Waals surface area contributed by atoms with Crippen LogP contribution in [0.4, 0.5) is 0 Å². The smallest absolute Gasteiger partial charge is 0.0587 e. The summed E-state index contributed by atoms with van der Waals surface area (Å²) in [6.45, 7) is 2.79. The van der Waals surface area contributed by atoms with Gasteiger partial charge in [-0.25, -0.2) is 0 Å². The van der Waals surface area contributed by atoms with E-state index in [-0.39, 0.29) is 0 Å². The first kappa shape index (κ1) is 14.0. The summed E-state index contributed by atoms with van der Waals surface area (Å²) in [6.07, 6.45) is 5.28. The second-order valence-electron chi connectivity index (χ2n) is 5.17. The number of methoxy groups -OCH3 is 1. The van der Waals surface area contributed by atoms with Gasteiger partial charge < -0.3 is 10.1 Å². The third kappa shape index (κ3) is 3.34. The average molecular weight is 312 g/mol. The highest BCUT2D eigenvalue weighted by Crippen LogP contribution is 2.41.